The molecule has 1 saturated carbocycles. The maximum atomic E-state index is 10.4. The Balaban J connectivity index is 2.07. The van der Waals surface area contributed by atoms with Gasteiger partial charge in [-0.25, -0.2) is 0 Å². The largest absolute Gasteiger partial charge is 0.488 e. The summed E-state index contributed by atoms with van der Waals surface area (Å²) in [6.45, 7) is 0.827. The van der Waals surface area contributed by atoms with E-state index in [1.165, 1.54) is 6.42 Å². The first kappa shape index (κ1) is 15.3. The summed E-state index contributed by atoms with van der Waals surface area (Å²) in [6.07, 6.45) is 5.01. The normalized spacial score (nSPS) is 18.3. The van der Waals surface area contributed by atoms with Crippen molar-refractivity contribution in [1.29, 1.82) is 0 Å². The summed E-state index contributed by atoms with van der Waals surface area (Å²) < 4.78 is 7.55. The minimum absolute atomic E-state index is 0.339. The Kier molecular flexibility index (Phi) is 5.29. The summed E-state index contributed by atoms with van der Waals surface area (Å²) in [5.41, 5.74) is 5.98. The van der Waals surface area contributed by atoms with E-state index in [0.717, 1.165) is 45.9 Å². The second kappa shape index (κ2) is 6.57. The lowest BCUT2D eigenvalue weighted by molar-refractivity contribution is -0.0342. The molecular formula is C14H19Br2NO2. The molecule has 106 valence electrons. The fraction of sp³-hybridized carbons (Fsp3) is 0.571. The molecule has 0 amide bonds. The Morgan fingerprint density at radius 3 is 2.26 bits per heavy atom. The predicted octanol–water partition coefficient (Wildman–Crippen LogP) is 3.74. The van der Waals surface area contributed by atoms with E-state index in [0.29, 0.717) is 13.2 Å². The number of ether oxygens (including phenoxy) is 1. The molecule has 2 rings (SSSR count). The quantitative estimate of drug-likeness (QED) is 0.820. The molecule has 19 heavy (non-hydrogen) atoms. The van der Waals surface area contributed by atoms with Gasteiger partial charge in [0.2, 0.25) is 0 Å². The van der Waals surface area contributed by atoms with Crippen LogP contribution in [0.5, 0.6) is 5.75 Å². The molecule has 0 atom stereocenters. The number of aliphatic hydroxyl groups is 1. The van der Waals surface area contributed by atoms with Crippen LogP contribution in [0.4, 0.5) is 0 Å². The Labute approximate surface area is 130 Å². The third kappa shape index (κ3) is 3.94. The first-order valence-corrected chi connectivity index (χ1v) is 8.16. The topological polar surface area (TPSA) is 55.5 Å². The van der Waals surface area contributed by atoms with Crippen molar-refractivity contribution >= 4 is 31.9 Å². The molecule has 0 aliphatic heterocycles. The van der Waals surface area contributed by atoms with Crippen molar-refractivity contribution in [3.8, 4) is 5.75 Å². The zero-order valence-corrected chi connectivity index (χ0v) is 14.0. The third-order valence-electron chi connectivity index (χ3n) is 3.56. The Morgan fingerprint density at radius 1 is 1.16 bits per heavy atom. The number of halogens is 2. The van der Waals surface area contributed by atoms with Gasteiger partial charge in [0.05, 0.1) is 14.5 Å². The molecule has 5 heteroatoms. The highest BCUT2D eigenvalue weighted by Gasteiger charge is 2.30. The van der Waals surface area contributed by atoms with Crippen LogP contribution in [0, 0.1) is 0 Å². The van der Waals surface area contributed by atoms with Gasteiger partial charge in [0.1, 0.15) is 12.4 Å². The standard InChI is InChI=1S/C14H19Br2NO2/c15-11-6-10(8-17)7-12(16)13(11)19-9-14(18)4-2-1-3-5-14/h6-7,18H,1-5,8-9,17H2. The van der Waals surface area contributed by atoms with Crippen LogP contribution in [0.3, 0.4) is 0 Å². The van der Waals surface area contributed by atoms with E-state index in [1.54, 1.807) is 0 Å². The summed E-state index contributed by atoms with van der Waals surface area (Å²) in [7, 11) is 0. The average Bonchev–Trinajstić information content (AvgIpc) is 2.38. The van der Waals surface area contributed by atoms with Crippen molar-refractivity contribution in [1.82, 2.24) is 0 Å². The fourth-order valence-electron chi connectivity index (χ4n) is 2.43. The summed E-state index contributed by atoms with van der Waals surface area (Å²) in [6, 6.07) is 3.90. The van der Waals surface area contributed by atoms with Crippen molar-refractivity contribution in [2.24, 2.45) is 5.73 Å². The molecule has 1 aliphatic carbocycles. The number of rotatable bonds is 4. The minimum Gasteiger partial charge on any atom is -0.488 e. The van der Waals surface area contributed by atoms with Crippen LogP contribution in [-0.4, -0.2) is 17.3 Å². The lowest BCUT2D eigenvalue weighted by Crippen LogP contribution is -2.38. The van der Waals surface area contributed by atoms with Crippen molar-refractivity contribution in [3.05, 3.63) is 26.6 Å². The zero-order chi connectivity index (χ0) is 13.9. The molecule has 0 unspecified atom stereocenters. The van der Waals surface area contributed by atoms with Crippen LogP contribution in [0.1, 0.15) is 37.7 Å². The van der Waals surface area contributed by atoms with E-state index in [1.807, 2.05) is 12.1 Å². The first-order chi connectivity index (χ1) is 9.04. The second-order valence-corrected chi connectivity index (χ2v) is 6.88. The van der Waals surface area contributed by atoms with Crippen LogP contribution < -0.4 is 10.5 Å². The molecule has 0 saturated heterocycles. The van der Waals surface area contributed by atoms with Crippen molar-refractivity contribution in [3.63, 3.8) is 0 Å². The molecule has 3 N–H and O–H groups in total. The summed E-state index contributed by atoms with van der Waals surface area (Å²) in [5, 5.41) is 10.4. The Morgan fingerprint density at radius 2 is 1.74 bits per heavy atom. The van der Waals surface area contributed by atoms with Gasteiger partial charge in [0.15, 0.2) is 0 Å². The molecule has 3 nitrogen and oxygen atoms in total. The Bertz CT molecular complexity index is 422. The van der Waals surface area contributed by atoms with E-state index in [9.17, 15) is 5.11 Å². The number of benzene rings is 1. The van der Waals surface area contributed by atoms with Gasteiger partial charge in [-0.2, -0.15) is 0 Å². The van der Waals surface area contributed by atoms with Gasteiger partial charge in [-0.15, -0.1) is 0 Å². The lowest BCUT2D eigenvalue weighted by atomic mass is 9.85. The van der Waals surface area contributed by atoms with Crippen molar-refractivity contribution in [2.45, 2.75) is 44.2 Å². The van der Waals surface area contributed by atoms with Gasteiger partial charge in [0, 0.05) is 6.54 Å². The second-order valence-electron chi connectivity index (χ2n) is 5.17. The molecule has 1 fully saturated rings. The van der Waals surface area contributed by atoms with Gasteiger partial charge < -0.3 is 15.6 Å². The summed E-state index contributed by atoms with van der Waals surface area (Å²) in [4.78, 5) is 0. The number of nitrogens with two attached hydrogens (primary N) is 1. The maximum absolute atomic E-state index is 10.4. The van der Waals surface area contributed by atoms with Gasteiger partial charge in [-0.1, -0.05) is 19.3 Å². The van der Waals surface area contributed by atoms with Gasteiger partial charge in [-0.05, 0) is 62.4 Å². The highest BCUT2D eigenvalue weighted by atomic mass is 79.9. The number of hydrogen-bond acceptors (Lipinski definition) is 3. The molecule has 1 aromatic carbocycles. The minimum atomic E-state index is -0.677. The highest BCUT2D eigenvalue weighted by Crippen LogP contribution is 2.36. The highest BCUT2D eigenvalue weighted by molar-refractivity contribution is 9.11. The first-order valence-electron chi connectivity index (χ1n) is 6.57. The van der Waals surface area contributed by atoms with E-state index in [-0.39, 0.29) is 0 Å². The van der Waals surface area contributed by atoms with E-state index in [2.05, 4.69) is 31.9 Å². The van der Waals surface area contributed by atoms with E-state index in [4.69, 9.17) is 10.5 Å². The van der Waals surface area contributed by atoms with Crippen LogP contribution in [0.2, 0.25) is 0 Å². The average molecular weight is 393 g/mol. The fourth-order valence-corrected chi connectivity index (χ4v) is 3.94. The molecule has 1 aromatic rings. The van der Waals surface area contributed by atoms with E-state index >= 15 is 0 Å². The third-order valence-corrected chi connectivity index (χ3v) is 4.74. The molecule has 0 bridgehead atoms. The van der Waals surface area contributed by atoms with Crippen LogP contribution in [0.25, 0.3) is 0 Å². The van der Waals surface area contributed by atoms with E-state index < -0.39 is 5.60 Å². The predicted molar refractivity (Wildman–Crippen MR) is 83.3 cm³/mol. The van der Waals surface area contributed by atoms with Crippen molar-refractivity contribution in [2.75, 3.05) is 6.61 Å². The van der Waals surface area contributed by atoms with Crippen LogP contribution >= 0.6 is 31.9 Å². The molecule has 0 radical (unpaired) electrons. The van der Waals surface area contributed by atoms with Gasteiger partial charge in [-0.3, -0.25) is 0 Å². The molecule has 1 aliphatic rings. The summed E-state index contributed by atoms with van der Waals surface area (Å²) in [5.74, 6) is 0.733. The molecule has 0 aromatic heterocycles. The molecule has 0 heterocycles. The lowest BCUT2D eigenvalue weighted by Gasteiger charge is -2.32. The van der Waals surface area contributed by atoms with Crippen molar-refractivity contribution < 1.29 is 9.84 Å². The summed E-state index contributed by atoms with van der Waals surface area (Å²) >= 11 is 6.98. The molecular weight excluding hydrogens is 374 g/mol. The molecule has 0 spiro atoms. The number of hydrogen-bond donors (Lipinski definition) is 2. The van der Waals surface area contributed by atoms with Gasteiger partial charge in [0.25, 0.3) is 0 Å². The smallest absolute Gasteiger partial charge is 0.147 e. The maximum Gasteiger partial charge on any atom is 0.147 e. The van der Waals surface area contributed by atoms with Crippen LogP contribution in [0.15, 0.2) is 21.1 Å². The Hall–Kier alpha value is -0.100. The van der Waals surface area contributed by atoms with Gasteiger partial charge >= 0.3 is 0 Å². The van der Waals surface area contributed by atoms with Crippen LogP contribution in [-0.2, 0) is 6.54 Å². The SMILES string of the molecule is NCc1cc(Br)c(OCC2(O)CCCCC2)c(Br)c1. The zero-order valence-electron chi connectivity index (χ0n) is 10.8. The monoisotopic (exact) mass is 391 g/mol.